The number of aliphatic imine (C=N–C) groups is 1. The van der Waals surface area contributed by atoms with E-state index in [1.165, 1.54) is 11.6 Å². The first-order valence-electron chi connectivity index (χ1n) is 10.4. The summed E-state index contributed by atoms with van der Waals surface area (Å²) in [5, 5.41) is 13.6. The topological polar surface area (TPSA) is 121 Å². The SMILES string of the molecule is Cc1ccc(OCCOc2ccc(/C=C3\C(=N)N4N=C(S(C)(=O)=O)SC4=NC3=O)cc2Cl)cc1C. The second-order valence-corrected chi connectivity index (χ2v) is 11.3. The van der Waals surface area contributed by atoms with Crippen molar-refractivity contribution in [2.75, 3.05) is 19.5 Å². The summed E-state index contributed by atoms with van der Waals surface area (Å²) in [6.07, 6.45) is 2.45. The van der Waals surface area contributed by atoms with Crippen molar-refractivity contribution in [2.24, 2.45) is 10.1 Å². The predicted molar refractivity (Wildman–Crippen MR) is 138 cm³/mol. The van der Waals surface area contributed by atoms with Crippen LogP contribution in [0.1, 0.15) is 16.7 Å². The molecule has 4 rings (SSSR count). The smallest absolute Gasteiger partial charge is 0.283 e. The van der Waals surface area contributed by atoms with Crippen LogP contribution in [-0.2, 0) is 14.6 Å². The molecule has 1 amide bonds. The van der Waals surface area contributed by atoms with Gasteiger partial charge in [-0.15, -0.1) is 5.10 Å². The Kier molecular flexibility index (Phi) is 7.02. The number of fused-ring (bicyclic) bond motifs is 1. The van der Waals surface area contributed by atoms with E-state index < -0.39 is 15.7 Å². The van der Waals surface area contributed by atoms with Crippen LogP contribution in [0, 0.1) is 19.3 Å². The molecule has 12 heteroatoms. The second-order valence-electron chi connectivity index (χ2n) is 7.79. The molecule has 0 radical (unpaired) electrons. The third kappa shape index (κ3) is 5.58. The molecule has 2 aromatic carbocycles. The fraction of sp³-hybridized carbons (Fsp3) is 0.217. The maximum atomic E-state index is 12.5. The molecule has 0 fully saturated rings. The predicted octanol–water partition coefficient (Wildman–Crippen LogP) is 4.04. The summed E-state index contributed by atoms with van der Waals surface area (Å²) in [4.78, 5) is 16.4. The van der Waals surface area contributed by atoms with Crippen molar-refractivity contribution in [3.05, 3.63) is 63.7 Å². The normalized spacial score (nSPS) is 16.8. The van der Waals surface area contributed by atoms with Crippen LogP contribution in [0.25, 0.3) is 6.08 Å². The van der Waals surface area contributed by atoms with Crippen LogP contribution < -0.4 is 9.47 Å². The summed E-state index contributed by atoms with van der Waals surface area (Å²) >= 11 is 7.08. The lowest BCUT2D eigenvalue weighted by atomic mass is 10.1. The van der Waals surface area contributed by atoms with Gasteiger partial charge in [0.1, 0.15) is 24.7 Å². The second kappa shape index (κ2) is 9.84. The molecule has 0 aromatic heterocycles. The van der Waals surface area contributed by atoms with Crippen LogP contribution in [0.15, 0.2) is 52.1 Å². The Balaban J connectivity index is 1.42. The number of amidine groups is 2. The number of nitrogens with zero attached hydrogens (tertiary/aromatic N) is 3. The minimum Gasteiger partial charge on any atom is -0.490 e. The van der Waals surface area contributed by atoms with Crippen molar-refractivity contribution < 1.29 is 22.7 Å². The molecule has 0 saturated heterocycles. The van der Waals surface area contributed by atoms with Crippen LogP contribution >= 0.6 is 23.4 Å². The fourth-order valence-electron chi connectivity index (χ4n) is 3.13. The quantitative estimate of drug-likeness (QED) is 0.440. The van der Waals surface area contributed by atoms with E-state index >= 15 is 0 Å². The Morgan fingerprint density at radius 1 is 1.11 bits per heavy atom. The Labute approximate surface area is 211 Å². The molecule has 0 atom stereocenters. The van der Waals surface area contributed by atoms with Gasteiger partial charge in [-0.2, -0.15) is 10.0 Å². The van der Waals surface area contributed by atoms with Gasteiger partial charge < -0.3 is 9.47 Å². The van der Waals surface area contributed by atoms with E-state index in [1.807, 2.05) is 32.0 Å². The number of thioether (sulfide) groups is 1. The van der Waals surface area contributed by atoms with E-state index in [9.17, 15) is 13.2 Å². The number of hydrogen-bond acceptors (Lipinski definition) is 8. The molecule has 182 valence electrons. The van der Waals surface area contributed by atoms with E-state index in [0.717, 1.165) is 34.3 Å². The maximum Gasteiger partial charge on any atom is 0.283 e. The number of nitrogens with one attached hydrogen (secondary N) is 1. The molecule has 1 N–H and O–H groups in total. The third-order valence-corrected chi connectivity index (χ3v) is 7.98. The number of carbonyl (C=O) groups is 1. The van der Waals surface area contributed by atoms with E-state index in [2.05, 4.69) is 10.1 Å². The zero-order chi connectivity index (χ0) is 25.3. The summed E-state index contributed by atoms with van der Waals surface area (Å²) in [6.45, 7) is 4.67. The first-order valence-corrected chi connectivity index (χ1v) is 13.4. The molecule has 2 aliphatic rings. The fourth-order valence-corrected chi connectivity index (χ4v) is 5.06. The molecule has 9 nitrogen and oxygen atoms in total. The summed E-state index contributed by atoms with van der Waals surface area (Å²) in [7, 11) is -3.60. The van der Waals surface area contributed by atoms with Crippen molar-refractivity contribution >= 4 is 60.6 Å². The summed E-state index contributed by atoms with van der Waals surface area (Å²) < 4.78 is 34.7. The number of rotatable bonds is 6. The molecular formula is C23H21ClN4O5S2. The molecule has 0 spiro atoms. The van der Waals surface area contributed by atoms with Gasteiger partial charge >= 0.3 is 0 Å². The third-order valence-electron chi connectivity index (χ3n) is 5.11. The highest BCUT2D eigenvalue weighted by Crippen LogP contribution is 2.31. The average Bonchev–Trinajstić information content (AvgIpc) is 3.22. The maximum absolute atomic E-state index is 12.5. The lowest BCUT2D eigenvalue weighted by molar-refractivity contribution is -0.114. The lowest BCUT2D eigenvalue weighted by Crippen LogP contribution is -2.35. The molecule has 2 aliphatic heterocycles. The number of carbonyl (C=O) groups excluding carboxylic acids is 1. The van der Waals surface area contributed by atoms with Gasteiger partial charge in [-0.05, 0) is 72.6 Å². The number of sulfone groups is 1. The van der Waals surface area contributed by atoms with Crippen molar-refractivity contribution in [3.63, 3.8) is 0 Å². The zero-order valence-electron chi connectivity index (χ0n) is 19.0. The van der Waals surface area contributed by atoms with Crippen LogP contribution in [-0.4, -0.2) is 54.2 Å². The minimum absolute atomic E-state index is 0.0300. The number of aryl methyl sites for hydroxylation is 2. The summed E-state index contributed by atoms with van der Waals surface area (Å²) in [5.74, 6) is 0.269. The van der Waals surface area contributed by atoms with E-state index in [4.69, 9.17) is 26.5 Å². The number of amides is 1. The van der Waals surface area contributed by atoms with Gasteiger partial charge in [0.05, 0.1) is 10.6 Å². The summed E-state index contributed by atoms with van der Waals surface area (Å²) in [5.41, 5.74) is 2.84. The van der Waals surface area contributed by atoms with Crippen molar-refractivity contribution in [2.45, 2.75) is 13.8 Å². The van der Waals surface area contributed by atoms with Crippen molar-refractivity contribution in [3.8, 4) is 11.5 Å². The van der Waals surface area contributed by atoms with Gasteiger partial charge in [0, 0.05) is 6.26 Å². The molecule has 2 heterocycles. The molecule has 0 unspecified atom stereocenters. The van der Waals surface area contributed by atoms with Crippen LogP contribution in [0.5, 0.6) is 11.5 Å². The zero-order valence-corrected chi connectivity index (χ0v) is 21.4. The Morgan fingerprint density at radius 2 is 1.86 bits per heavy atom. The lowest BCUT2D eigenvalue weighted by Gasteiger charge is -2.20. The van der Waals surface area contributed by atoms with E-state index in [0.29, 0.717) is 22.9 Å². The molecule has 0 bridgehead atoms. The number of ether oxygens (including phenoxy) is 2. The van der Waals surface area contributed by atoms with Crippen molar-refractivity contribution in [1.29, 1.82) is 5.41 Å². The number of benzene rings is 2. The van der Waals surface area contributed by atoms with E-state index in [1.54, 1.807) is 18.2 Å². The highest BCUT2D eigenvalue weighted by molar-refractivity contribution is 8.42. The highest BCUT2D eigenvalue weighted by Gasteiger charge is 2.38. The molecule has 2 aromatic rings. The van der Waals surface area contributed by atoms with Crippen molar-refractivity contribution in [1.82, 2.24) is 5.01 Å². The molecule has 0 saturated carbocycles. The van der Waals surface area contributed by atoms with Gasteiger partial charge in [-0.1, -0.05) is 23.7 Å². The molecule has 0 aliphatic carbocycles. The van der Waals surface area contributed by atoms with Crippen LogP contribution in [0.3, 0.4) is 0 Å². The number of halogens is 1. The number of hydrogen-bond donors (Lipinski definition) is 1. The highest BCUT2D eigenvalue weighted by atomic mass is 35.5. The van der Waals surface area contributed by atoms with Gasteiger partial charge in [0.25, 0.3) is 5.91 Å². The van der Waals surface area contributed by atoms with Crippen LogP contribution in [0.4, 0.5) is 0 Å². The molecular weight excluding hydrogens is 512 g/mol. The number of hydrazone groups is 1. The first-order chi connectivity index (χ1) is 16.5. The summed E-state index contributed by atoms with van der Waals surface area (Å²) in [6, 6.07) is 10.8. The minimum atomic E-state index is -3.60. The largest absolute Gasteiger partial charge is 0.490 e. The average molecular weight is 533 g/mol. The van der Waals surface area contributed by atoms with Gasteiger partial charge in [0.15, 0.2) is 5.84 Å². The Bertz CT molecular complexity index is 1430. The monoisotopic (exact) mass is 532 g/mol. The van der Waals surface area contributed by atoms with Gasteiger partial charge in [0.2, 0.25) is 19.4 Å². The van der Waals surface area contributed by atoms with E-state index in [-0.39, 0.29) is 27.6 Å². The Hall–Kier alpha value is -3.15. The van der Waals surface area contributed by atoms with Crippen LogP contribution in [0.2, 0.25) is 5.02 Å². The van der Waals surface area contributed by atoms with Gasteiger partial charge in [-0.3, -0.25) is 10.2 Å². The first kappa shape index (κ1) is 25.0. The van der Waals surface area contributed by atoms with Gasteiger partial charge in [-0.25, -0.2) is 8.42 Å². The molecule has 35 heavy (non-hydrogen) atoms. The Morgan fingerprint density at radius 3 is 2.54 bits per heavy atom. The standard InChI is InChI=1S/C23H21ClN4O5S2/c1-13-4-6-16(10-14(13)2)32-8-9-33-19-7-5-15(12-18(19)24)11-17-20(25)28-22(26-21(17)29)34-23(27-28)35(3,30)31/h4-7,10-12,25H,8-9H2,1-3H3/b17-11+,25-20?.